The van der Waals surface area contributed by atoms with Crippen molar-refractivity contribution in [2.24, 2.45) is 0 Å². The quantitative estimate of drug-likeness (QED) is 0.780. The first kappa shape index (κ1) is 15.8. The van der Waals surface area contributed by atoms with Crippen LogP contribution in [0.5, 0.6) is 5.75 Å². The minimum atomic E-state index is -3.73. The summed E-state index contributed by atoms with van der Waals surface area (Å²) in [6.07, 6.45) is 0. The van der Waals surface area contributed by atoms with Crippen molar-refractivity contribution in [1.82, 2.24) is 4.98 Å². The van der Waals surface area contributed by atoms with Crippen LogP contribution in [0.25, 0.3) is 10.2 Å². The minimum absolute atomic E-state index is 0.126. The van der Waals surface area contributed by atoms with E-state index in [4.69, 9.17) is 4.74 Å². The Balaban J connectivity index is 2.01. The van der Waals surface area contributed by atoms with Crippen molar-refractivity contribution in [1.29, 1.82) is 0 Å². The van der Waals surface area contributed by atoms with Gasteiger partial charge in [0.2, 0.25) is 0 Å². The van der Waals surface area contributed by atoms with Crippen LogP contribution < -0.4 is 9.46 Å². The van der Waals surface area contributed by atoms with Crippen LogP contribution in [0.3, 0.4) is 0 Å². The molecule has 0 radical (unpaired) electrons. The third-order valence-electron chi connectivity index (χ3n) is 3.36. The Kier molecular flexibility index (Phi) is 3.99. The fourth-order valence-electron chi connectivity index (χ4n) is 2.31. The molecule has 1 N–H and O–H groups in total. The molecule has 0 amide bonds. The molecule has 0 saturated heterocycles. The summed E-state index contributed by atoms with van der Waals surface area (Å²) in [5, 5.41) is 0.945. The van der Waals surface area contributed by atoms with E-state index >= 15 is 0 Å². The Morgan fingerprint density at radius 3 is 2.65 bits per heavy atom. The number of fused-ring (bicyclic) bond motifs is 1. The van der Waals surface area contributed by atoms with Crippen LogP contribution in [0.15, 0.2) is 41.3 Å². The normalized spacial score (nSPS) is 11.6. The molecule has 0 atom stereocenters. The molecule has 120 valence electrons. The van der Waals surface area contributed by atoms with Gasteiger partial charge in [-0.3, -0.25) is 4.72 Å². The number of thiazole rings is 1. The molecule has 3 aromatic rings. The number of aryl methyl sites for hydroxylation is 2. The Morgan fingerprint density at radius 1 is 1.13 bits per heavy atom. The van der Waals surface area contributed by atoms with E-state index in [1.54, 1.807) is 24.3 Å². The summed E-state index contributed by atoms with van der Waals surface area (Å²) in [7, 11) is -2.28. The van der Waals surface area contributed by atoms with Gasteiger partial charge in [0.05, 0.1) is 28.0 Å². The monoisotopic (exact) mass is 348 g/mol. The highest BCUT2D eigenvalue weighted by Crippen LogP contribution is 2.29. The van der Waals surface area contributed by atoms with Gasteiger partial charge in [-0.1, -0.05) is 6.07 Å². The van der Waals surface area contributed by atoms with Crippen LogP contribution in [0.2, 0.25) is 0 Å². The fraction of sp³-hybridized carbons (Fsp3) is 0.188. The molecule has 0 aliphatic rings. The van der Waals surface area contributed by atoms with Crippen LogP contribution >= 0.6 is 11.3 Å². The lowest BCUT2D eigenvalue weighted by atomic mass is 10.2. The number of benzene rings is 2. The first-order chi connectivity index (χ1) is 10.9. The van der Waals surface area contributed by atoms with E-state index in [-0.39, 0.29) is 4.90 Å². The van der Waals surface area contributed by atoms with Gasteiger partial charge in [0.1, 0.15) is 10.6 Å². The average Bonchev–Trinajstić information content (AvgIpc) is 2.86. The summed E-state index contributed by atoms with van der Waals surface area (Å²) in [5.74, 6) is 0.317. The standard InChI is InChI=1S/C16H16N2O3S2/c1-10-4-7-14(21-3)16(8-10)23(19,20)18-12-5-6-13-15(9-12)22-11(2)17-13/h4-9,18H,1-3H3. The lowest BCUT2D eigenvalue weighted by Crippen LogP contribution is -2.14. The van der Waals surface area contributed by atoms with E-state index in [0.29, 0.717) is 11.4 Å². The molecule has 2 aromatic carbocycles. The number of nitrogens with zero attached hydrogens (tertiary/aromatic N) is 1. The largest absolute Gasteiger partial charge is 0.495 e. The zero-order valence-corrected chi connectivity index (χ0v) is 14.6. The average molecular weight is 348 g/mol. The van der Waals surface area contributed by atoms with E-state index in [2.05, 4.69) is 9.71 Å². The van der Waals surface area contributed by atoms with Gasteiger partial charge in [-0.15, -0.1) is 11.3 Å². The molecular formula is C16H16N2O3S2. The van der Waals surface area contributed by atoms with Crippen molar-refractivity contribution in [3.8, 4) is 5.75 Å². The molecular weight excluding hydrogens is 332 g/mol. The lowest BCUT2D eigenvalue weighted by molar-refractivity contribution is 0.402. The fourth-order valence-corrected chi connectivity index (χ4v) is 4.48. The number of sulfonamides is 1. The van der Waals surface area contributed by atoms with Crippen LogP contribution in [-0.4, -0.2) is 20.5 Å². The van der Waals surface area contributed by atoms with E-state index in [9.17, 15) is 8.42 Å². The topological polar surface area (TPSA) is 68.3 Å². The summed E-state index contributed by atoms with van der Waals surface area (Å²) in [4.78, 5) is 4.49. The molecule has 23 heavy (non-hydrogen) atoms. The second-order valence-electron chi connectivity index (χ2n) is 5.18. The Morgan fingerprint density at radius 2 is 1.91 bits per heavy atom. The molecule has 3 rings (SSSR count). The highest BCUT2D eigenvalue weighted by molar-refractivity contribution is 7.92. The highest BCUT2D eigenvalue weighted by Gasteiger charge is 2.20. The number of nitrogens with one attached hydrogen (secondary N) is 1. The van der Waals surface area contributed by atoms with Crippen molar-refractivity contribution in [3.63, 3.8) is 0 Å². The maximum Gasteiger partial charge on any atom is 0.265 e. The zero-order valence-electron chi connectivity index (χ0n) is 13.0. The molecule has 0 saturated carbocycles. The van der Waals surface area contributed by atoms with Crippen molar-refractivity contribution in [2.75, 3.05) is 11.8 Å². The molecule has 1 aromatic heterocycles. The van der Waals surface area contributed by atoms with Gasteiger partial charge in [-0.2, -0.15) is 0 Å². The molecule has 0 bridgehead atoms. The molecule has 5 nitrogen and oxygen atoms in total. The maximum atomic E-state index is 12.7. The Hall–Kier alpha value is -2.12. The second-order valence-corrected chi connectivity index (χ2v) is 8.06. The summed E-state index contributed by atoms with van der Waals surface area (Å²) in [6, 6.07) is 10.4. The van der Waals surface area contributed by atoms with Gasteiger partial charge in [-0.25, -0.2) is 13.4 Å². The maximum absolute atomic E-state index is 12.7. The van der Waals surface area contributed by atoms with Gasteiger partial charge in [0, 0.05) is 0 Å². The molecule has 1 heterocycles. The van der Waals surface area contributed by atoms with Crippen molar-refractivity contribution in [2.45, 2.75) is 18.7 Å². The van der Waals surface area contributed by atoms with Crippen LogP contribution in [0.1, 0.15) is 10.6 Å². The molecule has 0 aliphatic carbocycles. The van der Waals surface area contributed by atoms with Crippen molar-refractivity contribution >= 4 is 37.3 Å². The molecule has 7 heteroatoms. The predicted octanol–water partition coefficient (Wildman–Crippen LogP) is 3.72. The first-order valence-corrected chi connectivity index (χ1v) is 9.24. The van der Waals surface area contributed by atoms with E-state index in [1.165, 1.54) is 18.4 Å². The molecule has 0 spiro atoms. The van der Waals surface area contributed by atoms with E-state index in [1.807, 2.05) is 26.0 Å². The summed E-state index contributed by atoms with van der Waals surface area (Å²) < 4.78 is 34.1. The number of aromatic nitrogens is 1. The summed E-state index contributed by atoms with van der Waals surface area (Å²) >= 11 is 1.53. The number of hydrogen-bond acceptors (Lipinski definition) is 5. The third-order valence-corrected chi connectivity index (χ3v) is 5.69. The minimum Gasteiger partial charge on any atom is -0.495 e. The first-order valence-electron chi connectivity index (χ1n) is 6.94. The van der Waals surface area contributed by atoms with Gasteiger partial charge in [0.15, 0.2) is 0 Å². The number of hydrogen-bond donors (Lipinski definition) is 1. The molecule has 0 fully saturated rings. The summed E-state index contributed by atoms with van der Waals surface area (Å²) in [6.45, 7) is 3.76. The zero-order chi connectivity index (χ0) is 16.6. The second kappa shape index (κ2) is 5.82. The van der Waals surface area contributed by atoms with Crippen molar-refractivity contribution in [3.05, 3.63) is 47.0 Å². The molecule has 0 unspecified atom stereocenters. The van der Waals surface area contributed by atoms with Crippen LogP contribution in [0, 0.1) is 13.8 Å². The number of methoxy groups -OCH3 is 1. The van der Waals surface area contributed by atoms with Crippen LogP contribution in [-0.2, 0) is 10.0 Å². The number of anilines is 1. The number of rotatable bonds is 4. The lowest BCUT2D eigenvalue weighted by Gasteiger charge is -2.12. The van der Waals surface area contributed by atoms with Gasteiger partial charge in [0.25, 0.3) is 10.0 Å². The van der Waals surface area contributed by atoms with Gasteiger partial charge < -0.3 is 4.74 Å². The third kappa shape index (κ3) is 3.16. The van der Waals surface area contributed by atoms with Gasteiger partial charge in [-0.05, 0) is 49.7 Å². The predicted molar refractivity (Wildman–Crippen MR) is 92.9 cm³/mol. The number of ether oxygens (including phenoxy) is 1. The van der Waals surface area contributed by atoms with E-state index in [0.717, 1.165) is 20.8 Å². The van der Waals surface area contributed by atoms with Crippen molar-refractivity contribution < 1.29 is 13.2 Å². The Bertz CT molecular complexity index is 978. The van der Waals surface area contributed by atoms with Gasteiger partial charge >= 0.3 is 0 Å². The SMILES string of the molecule is COc1ccc(C)cc1S(=O)(=O)Nc1ccc2nc(C)sc2c1. The Labute approximate surface area is 139 Å². The molecule has 0 aliphatic heterocycles. The van der Waals surface area contributed by atoms with E-state index < -0.39 is 10.0 Å². The van der Waals surface area contributed by atoms with Crippen LogP contribution in [0.4, 0.5) is 5.69 Å². The smallest absolute Gasteiger partial charge is 0.265 e. The summed E-state index contributed by atoms with van der Waals surface area (Å²) in [5.41, 5.74) is 2.22. The highest BCUT2D eigenvalue weighted by atomic mass is 32.2.